The van der Waals surface area contributed by atoms with E-state index in [1.54, 1.807) is 17.5 Å². The van der Waals surface area contributed by atoms with Gasteiger partial charge < -0.3 is 5.11 Å². The Bertz CT molecular complexity index is 630. The highest BCUT2D eigenvalue weighted by atomic mass is 32.2. The lowest BCUT2D eigenvalue weighted by Gasteiger charge is -2.08. The van der Waals surface area contributed by atoms with Crippen LogP contribution in [0.3, 0.4) is 0 Å². The topological polar surface area (TPSA) is 66.4 Å². The predicted molar refractivity (Wildman–Crippen MR) is 72.2 cm³/mol. The summed E-state index contributed by atoms with van der Waals surface area (Å²) in [7, 11) is -3.63. The lowest BCUT2D eigenvalue weighted by molar-refractivity contribution is 0.282. The van der Waals surface area contributed by atoms with E-state index in [2.05, 4.69) is 4.72 Å². The first-order valence-electron chi connectivity index (χ1n) is 5.29. The van der Waals surface area contributed by atoms with Crippen molar-refractivity contribution in [3.8, 4) is 0 Å². The van der Waals surface area contributed by atoms with E-state index in [-0.39, 0.29) is 11.5 Å². The van der Waals surface area contributed by atoms with Gasteiger partial charge in [0.15, 0.2) is 0 Å². The Morgan fingerprint density at radius 1 is 1.22 bits per heavy atom. The number of anilines is 1. The van der Waals surface area contributed by atoms with E-state index >= 15 is 0 Å². The van der Waals surface area contributed by atoms with Crippen molar-refractivity contribution in [3.05, 3.63) is 46.2 Å². The summed E-state index contributed by atoms with van der Waals surface area (Å²) >= 11 is 1.22. The quantitative estimate of drug-likeness (QED) is 0.905. The molecule has 0 aliphatic rings. The number of rotatable bonds is 4. The molecule has 0 amide bonds. The Morgan fingerprint density at radius 2 is 1.89 bits per heavy atom. The van der Waals surface area contributed by atoms with E-state index in [4.69, 9.17) is 5.11 Å². The van der Waals surface area contributed by atoms with Gasteiger partial charge in [-0.05, 0) is 30.5 Å². The molecule has 0 fully saturated rings. The lowest BCUT2D eigenvalue weighted by Crippen LogP contribution is -2.13. The van der Waals surface area contributed by atoms with Crippen LogP contribution in [0, 0.1) is 6.92 Å². The molecule has 18 heavy (non-hydrogen) atoms. The second-order valence-corrected chi connectivity index (χ2v) is 6.49. The summed E-state index contributed by atoms with van der Waals surface area (Å²) in [5, 5.41) is 10.7. The molecule has 0 saturated heterocycles. The minimum Gasteiger partial charge on any atom is -0.391 e. The Hall–Kier alpha value is -1.37. The Kier molecular flexibility index (Phi) is 3.70. The Balaban J connectivity index is 2.30. The minimum absolute atomic E-state index is 0.135. The second kappa shape index (κ2) is 5.09. The largest absolute Gasteiger partial charge is 0.391 e. The molecule has 1 aromatic heterocycles. The normalized spacial score (nSPS) is 11.4. The average molecular weight is 283 g/mol. The first kappa shape index (κ1) is 13.1. The van der Waals surface area contributed by atoms with Crippen molar-refractivity contribution >= 4 is 27.0 Å². The molecule has 96 valence electrons. The molecule has 0 bridgehead atoms. The molecule has 1 heterocycles. The standard InChI is InChI=1S/C12H13NO3S2/c1-9-2-4-10(5-3-9)13-18(15,16)12-6-7-17-11(12)8-14/h2-7,13-14H,8H2,1H3. The van der Waals surface area contributed by atoms with Gasteiger partial charge in [0.05, 0.1) is 11.5 Å². The third kappa shape index (κ3) is 2.72. The molecule has 0 aliphatic heterocycles. The van der Waals surface area contributed by atoms with E-state index in [0.29, 0.717) is 10.6 Å². The van der Waals surface area contributed by atoms with Crippen molar-refractivity contribution in [1.82, 2.24) is 0 Å². The van der Waals surface area contributed by atoms with Gasteiger partial charge in [0.1, 0.15) is 4.90 Å². The molecule has 6 heteroatoms. The monoisotopic (exact) mass is 283 g/mol. The number of aliphatic hydroxyl groups excluding tert-OH is 1. The van der Waals surface area contributed by atoms with E-state index in [1.165, 1.54) is 17.4 Å². The van der Waals surface area contributed by atoms with Crippen LogP contribution in [0.2, 0.25) is 0 Å². The maximum Gasteiger partial charge on any atom is 0.263 e. The lowest BCUT2D eigenvalue weighted by atomic mass is 10.2. The fourth-order valence-electron chi connectivity index (χ4n) is 1.52. The molecule has 0 radical (unpaired) electrons. The summed E-state index contributed by atoms with van der Waals surface area (Å²) in [6.45, 7) is 1.66. The highest BCUT2D eigenvalue weighted by Gasteiger charge is 2.19. The van der Waals surface area contributed by atoms with E-state index in [9.17, 15) is 8.42 Å². The van der Waals surface area contributed by atoms with Crippen LogP contribution in [-0.4, -0.2) is 13.5 Å². The molecule has 0 spiro atoms. The minimum atomic E-state index is -3.63. The van der Waals surface area contributed by atoms with Gasteiger partial charge in [-0.25, -0.2) is 8.42 Å². The van der Waals surface area contributed by atoms with E-state index in [0.717, 1.165) is 5.56 Å². The van der Waals surface area contributed by atoms with E-state index in [1.807, 2.05) is 19.1 Å². The number of sulfonamides is 1. The molecular formula is C12H13NO3S2. The van der Waals surface area contributed by atoms with Crippen molar-refractivity contribution < 1.29 is 13.5 Å². The number of thiophene rings is 1. The molecule has 2 rings (SSSR count). The van der Waals surface area contributed by atoms with Gasteiger partial charge in [-0.15, -0.1) is 11.3 Å². The van der Waals surface area contributed by atoms with Crippen LogP contribution in [0.4, 0.5) is 5.69 Å². The van der Waals surface area contributed by atoms with Gasteiger partial charge in [-0.3, -0.25) is 4.72 Å². The number of nitrogens with one attached hydrogen (secondary N) is 1. The molecular weight excluding hydrogens is 270 g/mol. The highest BCUT2D eigenvalue weighted by Crippen LogP contribution is 2.24. The van der Waals surface area contributed by atoms with Crippen LogP contribution in [0.1, 0.15) is 10.4 Å². The van der Waals surface area contributed by atoms with Gasteiger partial charge in [0.25, 0.3) is 10.0 Å². The van der Waals surface area contributed by atoms with Crippen molar-refractivity contribution in [2.45, 2.75) is 18.4 Å². The molecule has 4 nitrogen and oxygen atoms in total. The summed E-state index contributed by atoms with van der Waals surface area (Å²) in [5.41, 5.74) is 1.57. The van der Waals surface area contributed by atoms with Crippen LogP contribution in [0.15, 0.2) is 40.6 Å². The van der Waals surface area contributed by atoms with Gasteiger partial charge in [0.2, 0.25) is 0 Å². The molecule has 1 aromatic carbocycles. The van der Waals surface area contributed by atoms with E-state index < -0.39 is 10.0 Å². The molecule has 2 N–H and O–H groups in total. The molecule has 0 saturated carbocycles. The fraction of sp³-hybridized carbons (Fsp3) is 0.167. The van der Waals surface area contributed by atoms with Crippen molar-refractivity contribution in [2.75, 3.05) is 4.72 Å². The summed E-state index contributed by atoms with van der Waals surface area (Å²) in [6, 6.07) is 8.57. The second-order valence-electron chi connectivity index (χ2n) is 3.84. The Morgan fingerprint density at radius 3 is 2.50 bits per heavy atom. The van der Waals surface area contributed by atoms with Crippen LogP contribution in [0.5, 0.6) is 0 Å². The first-order valence-corrected chi connectivity index (χ1v) is 7.66. The summed E-state index contributed by atoms with van der Waals surface area (Å²) in [5.74, 6) is 0. The Labute approximate surface area is 110 Å². The summed E-state index contributed by atoms with van der Waals surface area (Å²) < 4.78 is 26.7. The molecule has 0 unspecified atom stereocenters. The number of hydrogen-bond donors (Lipinski definition) is 2. The molecule has 0 aliphatic carbocycles. The zero-order valence-electron chi connectivity index (χ0n) is 9.75. The van der Waals surface area contributed by atoms with Crippen molar-refractivity contribution in [3.63, 3.8) is 0 Å². The number of aliphatic hydroxyl groups is 1. The third-order valence-corrected chi connectivity index (χ3v) is 4.94. The van der Waals surface area contributed by atoms with Gasteiger partial charge in [-0.1, -0.05) is 17.7 Å². The van der Waals surface area contributed by atoms with Crippen LogP contribution >= 0.6 is 11.3 Å². The number of hydrogen-bond acceptors (Lipinski definition) is 4. The summed E-state index contributed by atoms with van der Waals surface area (Å²) in [6.07, 6.45) is 0. The molecule has 0 atom stereocenters. The zero-order valence-corrected chi connectivity index (χ0v) is 11.4. The molecule has 2 aromatic rings. The van der Waals surface area contributed by atoms with Crippen molar-refractivity contribution in [2.24, 2.45) is 0 Å². The third-order valence-electron chi connectivity index (χ3n) is 2.44. The maximum absolute atomic E-state index is 12.1. The number of aryl methyl sites for hydroxylation is 1. The predicted octanol–water partition coefficient (Wildman–Crippen LogP) is 2.35. The van der Waals surface area contributed by atoms with Crippen molar-refractivity contribution in [1.29, 1.82) is 0 Å². The van der Waals surface area contributed by atoms with Gasteiger partial charge in [-0.2, -0.15) is 0 Å². The fourth-order valence-corrected chi connectivity index (χ4v) is 3.87. The average Bonchev–Trinajstić information content (AvgIpc) is 2.81. The van der Waals surface area contributed by atoms with Gasteiger partial charge >= 0.3 is 0 Å². The first-order chi connectivity index (χ1) is 8.53. The van der Waals surface area contributed by atoms with Gasteiger partial charge in [0, 0.05) is 5.69 Å². The maximum atomic E-state index is 12.1. The smallest absolute Gasteiger partial charge is 0.263 e. The number of benzene rings is 1. The van der Waals surface area contributed by atoms with Crippen LogP contribution in [0.25, 0.3) is 0 Å². The highest BCUT2D eigenvalue weighted by molar-refractivity contribution is 7.93. The zero-order chi connectivity index (χ0) is 13.2. The summed E-state index contributed by atoms with van der Waals surface area (Å²) in [4.78, 5) is 0.574. The van der Waals surface area contributed by atoms with Crippen LogP contribution < -0.4 is 4.72 Å². The SMILES string of the molecule is Cc1ccc(NS(=O)(=O)c2ccsc2CO)cc1. The van der Waals surface area contributed by atoms with Crippen LogP contribution in [-0.2, 0) is 16.6 Å².